The minimum absolute atomic E-state index is 0.197. The summed E-state index contributed by atoms with van der Waals surface area (Å²) in [5, 5.41) is 14.2. The van der Waals surface area contributed by atoms with E-state index in [1.54, 1.807) is 32.2 Å². The molecule has 0 aliphatic carbocycles. The molecule has 0 aliphatic rings. The Morgan fingerprint density at radius 2 is 1.92 bits per heavy atom. The van der Waals surface area contributed by atoms with Crippen molar-refractivity contribution in [2.75, 3.05) is 0 Å². The summed E-state index contributed by atoms with van der Waals surface area (Å²) >= 11 is 0. The molecular formula is C26H26N8O2. The Hall–Kier alpha value is -4.60. The van der Waals surface area contributed by atoms with E-state index in [1.807, 2.05) is 49.6 Å². The van der Waals surface area contributed by atoms with Gasteiger partial charge in [-0.05, 0) is 53.4 Å². The first-order valence-corrected chi connectivity index (χ1v) is 11.8. The van der Waals surface area contributed by atoms with Crippen LogP contribution in [0.4, 0.5) is 0 Å². The summed E-state index contributed by atoms with van der Waals surface area (Å²) in [5.74, 6) is 1.08. The molecule has 0 saturated heterocycles. The number of H-pyrrole nitrogens is 1. The van der Waals surface area contributed by atoms with Crippen molar-refractivity contribution in [2.45, 2.75) is 32.7 Å². The van der Waals surface area contributed by atoms with Crippen molar-refractivity contribution in [3.8, 4) is 28.3 Å². The zero-order chi connectivity index (χ0) is 25.1. The second kappa shape index (κ2) is 9.95. The van der Waals surface area contributed by atoms with Gasteiger partial charge in [0.1, 0.15) is 5.82 Å². The van der Waals surface area contributed by atoms with Gasteiger partial charge in [0.2, 0.25) is 5.82 Å². The number of nitrogens with zero attached hydrogens (tertiary/aromatic N) is 7. The molecule has 10 nitrogen and oxygen atoms in total. The van der Waals surface area contributed by atoms with E-state index in [9.17, 15) is 9.59 Å². The maximum atomic E-state index is 13.6. The molecule has 0 saturated carbocycles. The number of hydrogen-bond acceptors (Lipinski definition) is 6. The fourth-order valence-corrected chi connectivity index (χ4v) is 4.38. The zero-order valence-corrected chi connectivity index (χ0v) is 20.1. The van der Waals surface area contributed by atoms with Gasteiger partial charge in [0.15, 0.2) is 6.29 Å². The van der Waals surface area contributed by atoms with Crippen LogP contribution in [0.25, 0.3) is 28.3 Å². The second-order valence-electron chi connectivity index (χ2n) is 8.64. The SMILES string of the molecule is CCCCc1cn(-c2c(C=O)ccn2C)c(=O)n1Cc1cc(-c2cccc(-c3nn[nH]n3)c2)ccn1. The van der Waals surface area contributed by atoms with Crippen LogP contribution in [0, 0.1) is 0 Å². The Kier molecular flexibility index (Phi) is 6.40. The van der Waals surface area contributed by atoms with Crippen LogP contribution < -0.4 is 5.69 Å². The summed E-state index contributed by atoms with van der Waals surface area (Å²) < 4.78 is 5.10. The second-order valence-corrected chi connectivity index (χ2v) is 8.64. The summed E-state index contributed by atoms with van der Waals surface area (Å²) in [4.78, 5) is 29.7. The molecule has 1 aromatic carbocycles. The molecule has 1 N–H and O–H groups in total. The largest absolute Gasteiger partial charge is 0.336 e. The summed E-state index contributed by atoms with van der Waals surface area (Å²) in [7, 11) is 1.82. The van der Waals surface area contributed by atoms with Gasteiger partial charge in [0.05, 0.1) is 17.8 Å². The third-order valence-electron chi connectivity index (χ3n) is 6.21. The zero-order valence-electron chi connectivity index (χ0n) is 20.1. The number of benzene rings is 1. The lowest BCUT2D eigenvalue weighted by Gasteiger charge is -2.09. The summed E-state index contributed by atoms with van der Waals surface area (Å²) in [6.45, 7) is 2.44. The topological polar surface area (TPSA) is 116 Å². The highest BCUT2D eigenvalue weighted by Gasteiger charge is 2.18. The molecule has 0 spiro atoms. The number of carbonyl (C=O) groups excluding carboxylic acids is 1. The summed E-state index contributed by atoms with van der Waals surface area (Å²) in [6.07, 6.45) is 8.87. The Bertz CT molecular complexity index is 1560. The first kappa shape index (κ1) is 23.2. The van der Waals surface area contributed by atoms with Crippen molar-refractivity contribution in [3.05, 3.63) is 88.5 Å². The van der Waals surface area contributed by atoms with Gasteiger partial charge >= 0.3 is 5.69 Å². The van der Waals surface area contributed by atoms with Crippen LogP contribution in [0.3, 0.4) is 0 Å². The molecule has 182 valence electrons. The number of imidazole rings is 1. The standard InChI is InChI=1S/C26H26N8O2/c1-3-4-8-23-16-34(25-21(17-35)10-12-32(25)2)26(36)33(23)15-22-14-19(9-11-27-22)18-6-5-7-20(13-18)24-28-30-31-29-24/h5-7,9-14,16-17H,3-4,8,15H2,1-2H3,(H,28,29,30,31). The Morgan fingerprint density at radius 1 is 1.08 bits per heavy atom. The minimum atomic E-state index is -0.197. The monoisotopic (exact) mass is 482 g/mol. The molecule has 0 radical (unpaired) electrons. The molecule has 0 aliphatic heterocycles. The number of carbonyl (C=O) groups is 1. The summed E-state index contributed by atoms with van der Waals surface area (Å²) in [6, 6.07) is 13.5. The lowest BCUT2D eigenvalue weighted by molar-refractivity contribution is 0.112. The molecule has 0 atom stereocenters. The molecule has 10 heteroatoms. The van der Waals surface area contributed by atoms with Crippen LogP contribution in [-0.2, 0) is 20.0 Å². The number of aldehydes is 1. The molecule has 4 aromatic heterocycles. The van der Waals surface area contributed by atoms with Crippen LogP contribution in [0.2, 0.25) is 0 Å². The number of aryl methyl sites for hydroxylation is 2. The number of aromatic amines is 1. The van der Waals surface area contributed by atoms with E-state index in [4.69, 9.17) is 0 Å². The first-order valence-electron chi connectivity index (χ1n) is 11.8. The third kappa shape index (κ3) is 4.40. The lowest BCUT2D eigenvalue weighted by atomic mass is 10.0. The van der Waals surface area contributed by atoms with Gasteiger partial charge in [-0.25, -0.2) is 4.79 Å². The molecular weight excluding hydrogens is 456 g/mol. The van der Waals surface area contributed by atoms with E-state index in [0.29, 0.717) is 23.8 Å². The molecule has 0 amide bonds. The number of tetrazole rings is 1. The smallest absolute Gasteiger partial charge is 0.334 e. The van der Waals surface area contributed by atoms with Crippen molar-refractivity contribution in [2.24, 2.45) is 7.05 Å². The van der Waals surface area contributed by atoms with E-state index in [0.717, 1.165) is 53.6 Å². The van der Waals surface area contributed by atoms with E-state index in [-0.39, 0.29) is 5.69 Å². The van der Waals surface area contributed by atoms with Gasteiger partial charge in [-0.2, -0.15) is 5.21 Å². The molecule has 4 heterocycles. The Morgan fingerprint density at radius 3 is 2.69 bits per heavy atom. The number of rotatable bonds is 9. The van der Waals surface area contributed by atoms with Gasteiger partial charge < -0.3 is 4.57 Å². The highest BCUT2D eigenvalue weighted by molar-refractivity contribution is 5.80. The van der Waals surface area contributed by atoms with Crippen LogP contribution in [0.1, 0.15) is 41.5 Å². The Balaban J connectivity index is 1.52. The average molecular weight is 483 g/mol. The van der Waals surface area contributed by atoms with E-state index < -0.39 is 0 Å². The van der Waals surface area contributed by atoms with Gasteiger partial charge in [-0.15, -0.1) is 10.2 Å². The third-order valence-corrected chi connectivity index (χ3v) is 6.21. The highest BCUT2D eigenvalue weighted by Crippen LogP contribution is 2.25. The molecule has 0 unspecified atom stereocenters. The Labute approximate surface area is 207 Å². The van der Waals surface area contributed by atoms with Crippen molar-refractivity contribution in [1.29, 1.82) is 0 Å². The van der Waals surface area contributed by atoms with Crippen LogP contribution >= 0.6 is 0 Å². The van der Waals surface area contributed by atoms with E-state index in [1.165, 1.54) is 0 Å². The van der Waals surface area contributed by atoms with Gasteiger partial charge in [0, 0.05) is 36.9 Å². The maximum absolute atomic E-state index is 13.6. The van der Waals surface area contributed by atoms with Crippen LogP contribution in [0.5, 0.6) is 0 Å². The van der Waals surface area contributed by atoms with Crippen molar-refractivity contribution in [3.63, 3.8) is 0 Å². The molecule has 5 aromatic rings. The van der Waals surface area contributed by atoms with Crippen LogP contribution in [-0.4, -0.2) is 45.6 Å². The fraction of sp³-hybridized carbons (Fsp3) is 0.231. The molecule has 5 rings (SSSR count). The predicted molar refractivity (Wildman–Crippen MR) is 135 cm³/mol. The average Bonchev–Trinajstić information content (AvgIpc) is 3.64. The van der Waals surface area contributed by atoms with Crippen molar-refractivity contribution >= 4 is 6.29 Å². The van der Waals surface area contributed by atoms with Gasteiger partial charge in [-0.3, -0.25) is 18.9 Å². The van der Waals surface area contributed by atoms with Gasteiger partial charge in [-0.1, -0.05) is 31.5 Å². The van der Waals surface area contributed by atoms with E-state index >= 15 is 0 Å². The number of pyridine rings is 1. The molecule has 36 heavy (non-hydrogen) atoms. The lowest BCUT2D eigenvalue weighted by Crippen LogP contribution is -2.26. The molecule has 0 fully saturated rings. The predicted octanol–water partition coefficient (Wildman–Crippen LogP) is 3.42. The van der Waals surface area contributed by atoms with Crippen molar-refractivity contribution in [1.82, 2.24) is 39.3 Å². The van der Waals surface area contributed by atoms with Crippen LogP contribution in [0.15, 0.2) is 65.8 Å². The number of hydrogen-bond donors (Lipinski definition) is 1. The molecule has 0 bridgehead atoms. The normalized spacial score (nSPS) is 11.2. The quantitative estimate of drug-likeness (QED) is 0.322. The van der Waals surface area contributed by atoms with Gasteiger partial charge in [0.25, 0.3) is 0 Å². The number of nitrogens with one attached hydrogen (secondary N) is 1. The first-order chi connectivity index (χ1) is 17.6. The number of unbranched alkanes of at least 4 members (excludes halogenated alkanes) is 1. The van der Waals surface area contributed by atoms with Crippen molar-refractivity contribution < 1.29 is 4.79 Å². The highest BCUT2D eigenvalue weighted by atomic mass is 16.2. The fourth-order valence-electron chi connectivity index (χ4n) is 4.38. The number of aromatic nitrogens is 8. The van der Waals surface area contributed by atoms with E-state index in [2.05, 4.69) is 32.5 Å². The maximum Gasteiger partial charge on any atom is 0.334 e. The minimum Gasteiger partial charge on any atom is -0.336 e. The summed E-state index contributed by atoms with van der Waals surface area (Å²) in [5.41, 5.74) is 4.75.